The number of hydrogen-bond acceptors (Lipinski definition) is 13. The Labute approximate surface area is 403 Å². The Morgan fingerprint density at radius 2 is 1.20 bits per heavy atom. The number of methoxy groups -OCH3 is 2. The Bertz CT molecular complexity index is 2880. The van der Waals surface area contributed by atoms with Gasteiger partial charge in [-0.15, -0.1) is 0 Å². The third-order valence-electron chi connectivity index (χ3n) is 12.5. The van der Waals surface area contributed by atoms with Gasteiger partial charge in [-0.3, -0.25) is 5.10 Å². The number of ether oxygens (including phenoxy) is 6. The molecule has 9 rings (SSSR count). The van der Waals surface area contributed by atoms with E-state index in [0.29, 0.717) is 18.8 Å². The first kappa shape index (κ1) is 48.5. The number of esters is 2. The van der Waals surface area contributed by atoms with Crippen molar-refractivity contribution >= 4 is 45.4 Å². The molecule has 69 heavy (non-hydrogen) atoms. The van der Waals surface area contributed by atoms with Crippen molar-refractivity contribution in [3.8, 4) is 33.8 Å². The molecule has 2 fully saturated rings. The lowest BCUT2D eigenvalue weighted by Gasteiger charge is -2.29. The summed E-state index contributed by atoms with van der Waals surface area (Å²) in [5, 5.41) is 9.44. The van der Waals surface area contributed by atoms with Crippen LogP contribution in [0, 0.1) is 0 Å². The maximum Gasteiger partial charge on any atom is 0.357 e. The summed E-state index contributed by atoms with van der Waals surface area (Å²) in [6.45, 7) is 19.8. The minimum Gasteiger partial charge on any atom is -0.497 e. The first-order valence-corrected chi connectivity index (χ1v) is 23.9. The molecule has 362 valence electrons. The third-order valence-corrected chi connectivity index (χ3v) is 12.5. The van der Waals surface area contributed by atoms with E-state index < -0.39 is 11.9 Å². The summed E-state index contributed by atoms with van der Waals surface area (Å²) in [6.07, 6.45) is 2.15. The molecule has 0 radical (unpaired) electrons. The zero-order valence-corrected chi connectivity index (χ0v) is 41.0. The van der Waals surface area contributed by atoms with Gasteiger partial charge in [-0.2, -0.15) is 5.10 Å². The fourth-order valence-electron chi connectivity index (χ4n) is 8.93. The van der Waals surface area contributed by atoms with Gasteiger partial charge < -0.3 is 42.8 Å². The summed E-state index contributed by atoms with van der Waals surface area (Å²) in [5.41, 5.74) is 11.3. The molecule has 0 saturated carbocycles. The lowest BCUT2D eigenvalue weighted by atomic mass is 9.95. The van der Waals surface area contributed by atoms with Crippen LogP contribution in [0.1, 0.15) is 91.2 Å². The van der Waals surface area contributed by atoms with Gasteiger partial charge in [0.1, 0.15) is 17.1 Å². The maximum absolute atomic E-state index is 13.0. The van der Waals surface area contributed by atoms with Crippen molar-refractivity contribution in [2.45, 2.75) is 59.9 Å². The summed E-state index contributed by atoms with van der Waals surface area (Å²) >= 11 is 0. The molecule has 2 aliphatic rings. The van der Waals surface area contributed by atoms with E-state index in [1.165, 1.54) is 5.69 Å². The molecule has 0 atom stereocenters. The quantitative estimate of drug-likeness (QED) is 0.103. The Morgan fingerprint density at radius 1 is 0.667 bits per heavy atom. The molecule has 2 saturated heterocycles. The minimum absolute atomic E-state index is 0.239. The summed E-state index contributed by atoms with van der Waals surface area (Å²) in [7, 11) is 3.29. The van der Waals surface area contributed by atoms with E-state index in [4.69, 9.17) is 33.4 Å². The molecule has 15 nitrogen and oxygen atoms in total. The fraction of sp³-hybridized carbons (Fsp3) is 0.389. The molecule has 6 heterocycles. The van der Waals surface area contributed by atoms with E-state index in [1.807, 2.05) is 30.3 Å². The van der Waals surface area contributed by atoms with Crippen LogP contribution in [0.2, 0.25) is 0 Å². The Morgan fingerprint density at radius 3 is 1.70 bits per heavy atom. The van der Waals surface area contributed by atoms with Crippen LogP contribution in [0.3, 0.4) is 0 Å². The Kier molecular flexibility index (Phi) is 15.4. The van der Waals surface area contributed by atoms with E-state index in [1.54, 1.807) is 28.1 Å². The number of nitrogens with one attached hydrogen (secondary N) is 1. The SMILES string of the molecule is CCOC(=O)c1cc(-c2ccc(N3CCOCC3)cc2)c2c(C(C)C)[nH]nc2n1.CCOC(=O)c1cc(-c2ccc(N3CCOCC3)cc2)c2c(C(C)C)cn(Cc3ccc(OC)cc3OC)c2n1. The van der Waals surface area contributed by atoms with Crippen molar-refractivity contribution in [2.24, 2.45) is 0 Å². The molecular weight excluding hydrogens is 875 g/mol. The molecule has 3 aromatic carbocycles. The highest BCUT2D eigenvalue weighted by Crippen LogP contribution is 2.39. The van der Waals surface area contributed by atoms with Gasteiger partial charge in [0.2, 0.25) is 0 Å². The lowest BCUT2D eigenvalue weighted by molar-refractivity contribution is 0.0510. The van der Waals surface area contributed by atoms with Gasteiger partial charge in [0, 0.05) is 66.5 Å². The van der Waals surface area contributed by atoms with Crippen LogP contribution in [0.4, 0.5) is 11.4 Å². The number of hydrogen-bond donors (Lipinski definition) is 1. The van der Waals surface area contributed by atoms with Gasteiger partial charge in [0.05, 0.1) is 65.8 Å². The van der Waals surface area contributed by atoms with Crippen LogP contribution in [0.15, 0.2) is 85.1 Å². The molecule has 4 aromatic heterocycles. The molecule has 7 aromatic rings. The van der Waals surface area contributed by atoms with Gasteiger partial charge in [-0.1, -0.05) is 52.0 Å². The molecule has 0 amide bonds. The van der Waals surface area contributed by atoms with Crippen LogP contribution < -0.4 is 19.3 Å². The number of carbonyl (C=O) groups excluding carboxylic acids is 2. The second kappa shape index (κ2) is 22.0. The van der Waals surface area contributed by atoms with Crippen LogP contribution >= 0.6 is 0 Å². The number of fused-ring (bicyclic) bond motifs is 2. The number of benzene rings is 3. The Hall–Kier alpha value is -6.97. The zero-order chi connectivity index (χ0) is 48.6. The minimum atomic E-state index is -0.435. The normalized spacial score (nSPS) is 14.0. The number of H-pyrrole nitrogens is 1. The average molecular weight is 938 g/mol. The number of aromatic amines is 1. The predicted octanol–water partition coefficient (Wildman–Crippen LogP) is 9.67. The van der Waals surface area contributed by atoms with E-state index in [9.17, 15) is 9.59 Å². The molecule has 0 aliphatic carbocycles. The number of pyridine rings is 2. The molecule has 0 unspecified atom stereocenters. The topological polar surface area (TPSA) is 155 Å². The number of rotatable bonds is 14. The molecule has 2 aliphatic heterocycles. The molecule has 15 heteroatoms. The number of carbonyl (C=O) groups is 2. The smallest absolute Gasteiger partial charge is 0.357 e. The number of anilines is 2. The zero-order valence-electron chi connectivity index (χ0n) is 41.0. The van der Waals surface area contributed by atoms with Crippen LogP contribution in [-0.4, -0.2) is 117 Å². The van der Waals surface area contributed by atoms with Gasteiger partial charge in [0.25, 0.3) is 0 Å². The molecule has 0 spiro atoms. The first-order chi connectivity index (χ1) is 33.5. The summed E-state index contributed by atoms with van der Waals surface area (Å²) in [4.78, 5) is 39.2. The lowest BCUT2D eigenvalue weighted by Crippen LogP contribution is -2.36. The standard InChI is InChI=1S/C32H37N3O5.C22H26N4O3/c1-6-40-32(36)28-18-26(22-7-10-24(11-8-22)34-13-15-39-16-14-34)30-27(21(2)3)20-35(31(30)33-28)19-23-9-12-25(37-4)17-29(23)38-5;1-4-29-22(27)18-13-17(19-20(14(2)3)24-25-21(19)23-18)15-5-7-16(8-6-15)26-9-11-28-12-10-26/h7-12,17-18,20-21H,6,13-16,19H2,1-5H3;5-8,13-14H,4,9-12H2,1-3H3,(H,23,24,25). The number of morpholine rings is 2. The summed E-state index contributed by atoms with van der Waals surface area (Å²) < 4.78 is 34.7. The van der Waals surface area contributed by atoms with Crippen LogP contribution in [-0.2, 0) is 25.5 Å². The maximum atomic E-state index is 13.0. The highest BCUT2D eigenvalue weighted by atomic mass is 16.5. The van der Waals surface area contributed by atoms with Crippen molar-refractivity contribution in [2.75, 3.05) is 89.8 Å². The molecular formula is C54H63N7O8. The Balaban J connectivity index is 0.000000196. The predicted molar refractivity (Wildman–Crippen MR) is 269 cm³/mol. The fourth-order valence-corrected chi connectivity index (χ4v) is 8.93. The van der Waals surface area contributed by atoms with Crippen molar-refractivity contribution in [1.82, 2.24) is 24.7 Å². The summed E-state index contributed by atoms with van der Waals surface area (Å²) in [6, 6.07) is 26.4. The van der Waals surface area contributed by atoms with E-state index in [0.717, 1.165) is 125 Å². The monoisotopic (exact) mass is 937 g/mol. The van der Waals surface area contributed by atoms with Crippen LogP contribution in [0.25, 0.3) is 44.3 Å². The van der Waals surface area contributed by atoms with Crippen LogP contribution in [0.5, 0.6) is 11.5 Å². The second-order valence-electron chi connectivity index (χ2n) is 17.6. The van der Waals surface area contributed by atoms with E-state index >= 15 is 0 Å². The molecule has 1 N–H and O–H groups in total. The van der Waals surface area contributed by atoms with E-state index in [-0.39, 0.29) is 29.8 Å². The largest absolute Gasteiger partial charge is 0.497 e. The van der Waals surface area contributed by atoms with E-state index in [2.05, 4.69) is 112 Å². The van der Waals surface area contributed by atoms with Crippen molar-refractivity contribution in [1.29, 1.82) is 0 Å². The van der Waals surface area contributed by atoms with Gasteiger partial charge in [-0.25, -0.2) is 19.6 Å². The van der Waals surface area contributed by atoms with Crippen molar-refractivity contribution in [3.63, 3.8) is 0 Å². The molecule has 0 bridgehead atoms. The van der Waals surface area contributed by atoms with Gasteiger partial charge in [0.15, 0.2) is 17.0 Å². The summed E-state index contributed by atoms with van der Waals surface area (Å²) in [5.74, 6) is 1.08. The number of nitrogens with zero attached hydrogens (tertiary/aromatic N) is 6. The van der Waals surface area contributed by atoms with Gasteiger partial charge in [-0.05, 0) is 102 Å². The number of aromatic nitrogens is 5. The van der Waals surface area contributed by atoms with Crippen molar-refractivity contribution < 1.29 is 38.0 Å². The third kappa shape index (κ3) is 10.7. The highest BCUT2D eigenvalue weighted by Gasteiger charge is 2.24. The highest BCUT2D eigenvalue weighted by molar-refractivity contribution is 6.02. The second-order valence-corrected chi connectivity index (χ2v) is 17.6. The van der Waals surface area contributed by atoms with Gasteiger partial charge >= 0.3 is 11.9 Å². The first-order valence-electron chi connectivity index (χ1n) is 23.9. The average Bonchev–Trinajstić information content (AvgIpc) is 3.99. The van der Waals surface area contributed by atoms with Crippen molar-refractivity contribution in [3.05, 3.63) is 113 Å².